The molecule has 0 heterocycles. The Morgan fingerprint density at radius 1 is 1.43 bits per heavy atom. The molecule has 0 fully saturated rings. The monoisotopic (exact) mass is 209 g/mol. The number of nitrogens with one attached hydrogen (secondary N) is 1. The van der Waals surface area contributed by atoms with Crippen molar-refractivity contribution in [3.63, 3.8) is 0 Å². The van der Waals surface area contributed by atoms with Gasteiger partial charge in [0.25, 0.3) is 0 Å². The van der Waals surface area contributed by atoms with Crippen molar-refractivity contribution in [3.8, 4) is 0 Å². The molecule has 76 valence electrons. The van der Waals surface area contributed by atoms with Crippen LogP contribution in [-0.4, -0.2) is 24.1 Å². The number of para-hydroxylation sites is 1. The second-order valence-electron chi connectivity index (χ2n) is 3.37. The van der Waals surface area contributed by atoms with E-state index in [9.17, 15) is 0 Å². The molecule has 0 amide bonds. The van der Waals surface area contributed by atoms with Gasteiger partial charge in [0.2, 0.25) is 0 Å². The Balaban J connectivity index is 3.15. The molecule has 0 unspecified atom stereocenters. The van der Waals surface area contributed by atoms with Crippen LogP contribution < -0.4 is 11.2 Å². The number of nitrogens with zero attached hydrogens (tertiary/aromatic N) is 1. The van der Waals surface area contributed by atoms with Crippen LogP contribution in [0.2, 0.25) is 0 Å². The largest absolute Gasteiger partial charge is 0.389 e. The van der Waals surface area contributed by atoms with Crippen molar-refractivity contribution in [1.82, 2.24) is 5.01 Å². The second kappa shape index (κ2) is 4.39. The van der Waals surface area contributed by atoms with Gasteiger partial charge < -0.3 is 11.2 Å². The standard InChI is InChI=1S/C10H15N3S/c1-7-5-4-6-8(10(11)14)9(7)12-13(2)3/h4-6,12H,1-3H3,(H2,11,14). The molecule has 3 N–H and O–H groups in total. The summed E-state index contributed by atoms with van der Waals surface area (Å²) in [6.45, 7) is 2.02. The van der Waals surface area contributed by atoms with Gasteiger partial charge in [-0.2, -0.15) is 0 Å². The average molecular weight is 209 g/mol. The van der Waals surface area contributed by atoms with Crippen LogP contribution in [0.4, 0.5) is 5.69 Å². The van der Waals surface area contributed by atoms with Crippen LogP contribution in [0.5, 0.6) is 0 Å². The molecule has 0 bridgehead atoms. The van der Waals surface area contributed by atoms with Gasteiger partial charge in [0.15, 0.2) is 0 Å². The predicted molar refractivity (Wildman–Crippen MR) is 64.4 cm³/mol. The van der Waals surface area contributed by atoms with Crippen molar-refractivity contribution in [2.75, 3.05) is 19.5 Å². The van der Waals surface area contributed by atoms with E-state index in [1.807, 2.05) is 44.2 Å². The molecule has 3 nitrogen and oxygen atoms in total. The maximum absolute atomic E-state index is 5.63. The summed E-state index contributed by atoms with van der Waals surface area (Å²) in [5.41, 5.74) is 11.8. The molecule has 0 saturated carbocycles. The number of benzene rings is 1. The molecule has 1 aromatic rings. The normalized spacial score (nSPS) is 10.3. The van der Waals surface area contributed by atoms with Gasteiger partial charge in [-0.05, 0) is 18.6 Å². The minimum Gasteiger partial charge on any atom is -0.389 e. The first kappa shape index (κ1) is 10.9. The van der Waals surface area contributed by atoms with Gasteiger partial charge in [-0.25, -0.2) is 5.01 Å². The average Bonchev–Trinajstić information content (AvgIpc) is 2.07. The summed E-state index contributed by atoms with van der Waals surface area (Å²) in [5, 5.41) is 1.87. The zero-order chi connectivity index (χ0) is 10.7. The van der Waals surface area contributed by atoms with E-state index < -0.39 is 0 Å². The fourth-order valence-corrected chi connectivity index (χ4v) is 1.42. The second-order valence-corrected chi connectivity index (χ2v) is 3.81. The number of hydrogen-bond donors (Lipinski definition) is 2. The summed E-state index contributed by atoms with van der Waals surface area (Å²) >= 11 is 4.98. The van der Waals surface area contributed by atoms with E-state index in [2.05, 4.69) is 5.43 Å². The quantitative estimate of drug-likeness (QED) is 0.585. The van der Waals surface area contributed by atoms with E-state index in [1.54, 1.807) is 0 Å². The smallest absolute Gasteiger partial charge is 0.106 e. The van der Waals surface area contributed by atoms with Gasteiger partial charge >= 0.3 is 0 Å². The molecule has 0 radical (unpaired) electrons. The summed E-state index contributed by atoms with van der Waals surface area (Å²) < 4.78 is 0. The van der Waals surface area contributed by atoms with E-state index in [0.717, 1.165) is 16.8 Å². The highest BCUT2D eigenvalue weighted by molar-refractivity contribution is 7.80. The molecule has 14 heavy (non-hydrogen) atoms. The number of thiocarbonyl (C=S) groups is 1. The van der Waals surface area contributed by atoms with Crippen molar-refractivity contribution < 1.29 is 0 Å². The maximum atomic E-state index is 5.63. The van der Waals surface area contributed by atoms with Crippen LogP contribution in [-0.2, 0) is 0 Å². The Morgan fingerprint density at radius 3 is 2.57 bits per heavy atom. The van der Waals surface area contributed by atoms with Crippen molar-refractivity contribution in [3.05, 3.63) is 29.3 Å². The molecular formula is C10H15N3S. The van der Waals surface area contributed by atoms with Gasteiger partial charge in [0.05, 0.1) is 5.69 Å². The predicted octanol–water partition coefficient (Wildman–Crippen LogP) is 1.52. The summed E-state index contributed by atoms with van der Waals surface area (Å²) in [6, 6.07) is 5.89. The molecule has 0 aromatic heterocycles. The van der Waals surface area contributed by atoms with Crippen molar-refractivity contribution in [2.24, 2.45) is 5.73 Å². The Hall–Kier alpha value is -1.13. The van der Waals surface area contributed by atoms with E-state index in [4.69, 9.17) is 18.0 Å². The molecule has 1 aromatic carbocycles. The molecule has 0 spiro atoms. The van der Waals surface area contributed by atoms with E-state index >= 15 is 0 Å². The molecule has 0 aliphatic rings. The molecule has 0 aliphatic carbocycles. The third-order valence-electron chi connectivity index (χ3n) is 1.87. The van der Waals surface area contributed by atoms with Crippen molar-refractivity contribution >= 4 is 22.9 Å². The number of hydrazine groups is 1. The van der Waals surface area contributed by atoms with Gasteiger partial charge in [-0.1, -0.05) is 24.4 Å². The fourth-order valence-electron chi connectivity index (χ4n) is 1.25. The van der Waals surface area contributed by atoms with Gasteiger partial charge in [0, 0.05) is 19.7 Å². The molecule has 4 heteroatoms. The van der Waals surface area contributed by atoms with Crippen LogP contribution in [0.25, 0.3) is 0 Å². The van der Waals surface area contributed by atoms with Gasteiger partial charge in [0.1, 0.15) is 4.99 Å². The Kier molecular flexibility index (Phi) is 3.43. The van der Waals surface area contributed by atoms with Gasteiger partial charge in [-0.3, -0.25) is 0 Å². The Morgan fingerprint density at radius 2 is 2.07 bits per heavy atom. The number of aryl methyl sites for hydroxylation is 1. The first-order chi connectivity index (χ1) is 6.52. The van der Waals surface area contributed by atoms with Crippen LogP contribution in [0.3, 0.4) is 0 Å². The third kappa shape index (κ3) is 2.43. The number of nitrogens with two attached hydrogens (primary N) is 1. The van der Waals surface area contributed by atoms with Crippen LogP contribution >= 0.6 is 12.2 Å². The maximum Gasteiger partial charge on any atom is 0.106 e. The number of hydrogen-bond acceptors (Lipinski definition) is 3. The van der Waals surface area contributed by atoms with Crippen molar-refractivity contribution in [2.45, 2.75) is 6.92 Å². The zero-order valence-electron chi connectivity index (χ0n) is 8.66. The van der Waals surface area contributed by atoms with Crippen molar-refractivity contribution in [1.29, 1.82) is 0 Å². The third-order valence-corrected chi connectivity index (χ3v) is 2.09. The lowest BCUT2D eigenvalue weighted by Crippen LogP contribution is -2.23. The zero-order valence-corrected chi connectivity index (χ0v) is 9.48. The SMILES string of the molecule is Cc1cccc(C(N)=S)c1NN(C)C. The Bertz CT molecular complexity index is 347. The van der Waals surface area contributed by atoms with E-state index in [-0.39, 0.29) is 0 Å². The van der Waals surface area contributed by atoms with Crippen LogP contribution in [0.1, 0.15) is 11.1 Å². The molecule has 0 saturated heterocycles. The van der Waals surface area contributed by atoms with Crippen LogP contribution in [0, 0.1) is 6.92 Å². The highest BCUT2D eigenvalue weighted by Gasteiger charge is 2.07. The molecule has 0 atom stereocenters. The minimum absolute atomic E-state index is 0.415. The summed E-state index contributed by atoms with van der Waals surface area (Å²) in [4.78, 5) is 0.415. The highest BCUT2D eigenvalue weighted by atomic mass is 32.1. The van der Waals surface area contributed by atoms with Crippen LogP contribution in [0.15, 0.2) is 18.2 Å². The lowest BCUT2D eigenvalue weighted by molar-refractivity contribution is 0.494. The van der Waals surface area contributed by atoms with E-state index in [0.29, 0.717) is 4.99 Å². The molecule has 0 aliphatic heterocycles. The summed E-state index contributed by atoms with van der Waals surface area (Å²) in [5.74, 6) is 0. The highest BCUT2D eigenvalue weighted by Crippen LogP contribution is 2.20. The Labute approximate surface area is 89.9 Å². The first-order valence-corrected chi connectivity index (χ1v) is 4.76. The first-order valence-electron chi connectivity index (χ1n) is 4.35. The lowest BCUT2D eigenvalue weighted by atomic mass is 10.1. The molecular weight excluding hydrogens is 194 g/mol. The topological polar surface area (TPSA) is 41.3 Å². The van der Waals surface area contributed by atoms with Gasteiger partial charge in [-0.15, -0.1) is 0 Å². The van der Waals surface area contributed by atoms with E-state index in [1.165, 1.54) is 0 Å². The minimum atomic E-state index is 0.415. The fraction of sp³-hybridized carbons (Fsp3) is 0.300. The lowest BCUT2D eigenvalue weighted by Gasteiger charge is -2.18. The molecule has 1 rings (SSSR count). The number of anilines is 1. The summed E-state index contributed by atoms with van der Waals surface area (Å²) in [6.07, 6.45) is 0. The summed E-state index contributed by atoms with van der Waals surface area (Å²) in [7, 11) is 3.85. The number of rotatable bonds is 3.